The largest absolute Gasteiger partial charge is 0.341 e. The van der Waals surface area contributed by atoms with E-state index in [-0.39, 0.29) is 18.0 Å². The number of carbonyl (C=O) groups excluding carboxylic acids is 1. The number of hydrogen-bond donors (Lipinski definition) is 0. The van der Waals surface area contributed by atoms with Crippen molar-refractivity contribution in [2.45, 2.75) is 58.5 Å². The van der Waals surface area contributed by atoms with E-state index >= 15 is 0 Å². The number of carbonyl (C=O) groups is 1. The molecule has 0 saturated carbocycles. The molecule has 152 valence electrons. The second-order valence-electron chi connectivity index (χ2n) is 8.61. The van der Waals surface area contributed by atoms with Gasteiger partial charge in [0.05, 0.1) is 11.9 Å². The molecule has 0 aromatic carbocycles. The summed E-state index contributed by atoms with van der Waals surface area (Å²) in [6.07, 6.45) is 6.40. The van der Waals surface area contributed by atoms with Gasteiger partial charge in [-0.3, -0.25) is 14.2 Å². The molecule has 6 nitrogen and oxygen atoms in total. The number of likely N-dealkylation sites (tertiary alicyclic amines) is 1. The topological polar surface area (TPSA) is 58.4 Å². The van der Waals surface area contributed by atoms with Crippen LogP contribution in [0.5, 0.6) is 0 Å². The summed E-state index contributed by atoms with van der Waals surface area (Å²) in [5.41, 5.74) is 1.16. The smallest absolute Gasteiger partial charge is 0.263 e. The van der Waals surface area contributed by atoms with Crippen molar-refractivity contribution in [3.05, 3.63) is 26.6 Å². The molecule has 1 aliphatic carbocycles. The number of thiophene rings is 1. The molecule has 1 saturated heterocycles. The van der Waals surface area contributed by atoms with Crippen molar-refractivity contribution >= 4 is 27.5 Å². The predicted octanol–water partition coefficient (Wildman–Crippen LogP) is 2.66. The highest BCUT2D eigenvalue weighted by Crippen LogP contribution is 2.33. The molecule has 1 amide bonds. The third-order valence-electron chi connectivity index (χ3n) is 6.04. The number of amides is 1. The highest BCUT2D eigenvalue weighted by Gasteiger charge is 2.25. The van der Waals surface area contributed by atoms with Crippen LogP contribution in [0, 0.1) is 5.92 Å². The lowest BCUT2D eigenvalue weighted by Crippen LogP contribution is -2.42. The molecule has 2 aromatic rings. The Morgan fingerprint density at radius 1 is 1.21 bits per heavy atom. The Morgan fingerprint density at radius 3 is 2.64 bits per heavy atom. The van der Waals surface area contributed by atoms with Crippen molar-refractivity contribution < 1.29 is 4.79 Å². The molecule has 1 aliphatic heterocycles. The summed E-state index contributed by atoms with van der Waals surface area (Å²) in [6.45, 7) is 4.48. The van der Waals surface area contributed by atoms with Crippen molar-refractivity contribution in [3.8, 4) is 0 Å². The van der Waals surface area contributed by atoms with Gasteiger partial charge in [0.1, 0.15) is 17.2 Å². The molecule has 7 heteroatoms. The van der Waals surface area contributed by atoms with Crippen LogP contribution in [0.1, 0.15) is 48.9 Å². The fraction of sp³-hybridized carbons (Fsp3) is 0.667. The minimum atomic E-state index is -0.0278. The van der Waals surface area contributed by atoms with E-state index in [1.165, 1.54) is 16.9 Å². The van der Waals surface area contributed by atoms with Gasteiger partial charge in [-0.15, -0.1) is 11.3 Å². The standard InChI is InChI=1S/C21H30N4O2S/c1-14-8-10-24(11-9-14)18(26)13-25-17(12-23(2)3)22-20-19(21(25)27)15-6-4-5-7-16(15)28-20/h14H,4-13H2,1-3H3. The normalized spacial score (nSPS) is 18.1. The number of aromatic nitrogens is 2. The molecule has 4 rings (SSSR count). The van der Waals surface area contributed by atoms with E-state index in [0.717, 1.165) is 55.4 Å². The average Bonchev–Trinajstić information content (AvgIpc) is 3.03. The number of fused-ring (bicyclic) bond motifs is 3. The van der Waals surface area contributed by atoms with Gasteiger partial charge in [0.15, 0.2) is 0 Å². The fourth-order valence-electron chi connectivity index (χ4n) is 4.34. The Labute approximate surface area is 170 Å². The van der Waals surface area contributed by atoms with Crippen LogP contribution in [0.15, 0.2) is 4.79 Å². The Kier molecular flexibility index (Phi) is 5.56. The third-order valence-corrected chi connectivity index (χ3v) is 7.23. The molecule has 0 spiro atoms. The van der Waals surface area contributed by atoms with Crippen LogP contribution in [-0.2, 0) is 30.7 Å². The van der Waals surface area contributed by atoms with Gasteiger partial charge in [-0.1, -0.05) is 6.92 Å². The summed E-state index contributed by atoms with van der Waals surface area (Å²) in [4.78, 5) is 37.4. The van der Waals surface area contributed by atoms with E-state index in [4.69, 9.17) is 4.98 Å². The average molecular weight is 403 g/mol. The molecule has 0 unspecified atom stereocenters. The molecule has 0 radical (unpaired) electrons. The second-order valence-corrected chi connectivity index (χ2v) is 9.70. The highest BCUT2D eigenvalue weighted by molar-refractivity contribution is 7.18. The molecule has 0 N–H and O–H groups in total. The first-order valence-corrected chi connectivity index (χ1v) is 11.2. The molecule has 0 atom stereocenters. The summed E-state index contributed by atoms with van der Waals surface area (Å²) in [6, 6.07) is 0. The van der Waals surface area contributed by atoms with Gasteiger partial charge in [0, 0.05) is 18.0 Å². The van der Waals surface area contributed by atoms with Gasteiger partial charge in [-0.25, -0.2) is 4.98 Å². The number of rotatable bonds is 4. The third kappa shape index (κ3) is 3.74. The van der Waals surface area contributed by atoms with E-state index in [9.17, 15) is 9.59 Å². The maximum absolute atomic E-state index is 13.5. The number of aryl methyl sites for hydroxylation is 2. The van der Waals surface area contributed by atoms with Gasteiger partial charge >= 0.3 is 0 Å². The van der Waals surface area contributed by atoms with Crippen LogP contribution in [0.2, 0.25) is 0 Å². The molecule has 3 heterocycles. The van der Waals surface area contributed by atoms with E-state index in [1.54, 1.807) is 15.9 Å². The number of piperidine rings is 1. The molecule has 2 aromatic heterocycles. The van der Waals surface area contributed by atoms with Gasteiger partial charge in [-0.05, 0) is 64.1 Å². The van der Waals surface area contributed by atoms with Crippen LogP contribution < -0.4 is 5.56 Å². The van der Waals surface area contributed by atoms with Crippen LogP contribution in [0.3, 0.4) is 0 Å². The summed E-state index contributed by atoms with van der Waals surface area (Å²) in [7, 11) is 3.93. The van der Waals surface area contributed by atoms with Crippen LogP contribution in [0.25, 0.3) is 10.2 Å². The second kappa shape index (κ2) is 7.95. The lowest BCUT2D eigenvalue weighted by molar-refractivity contribution is -0.133. The quantitative estimate of drug-likeness (QED) is 0.789. The van der Waals surface area contributed by atoms with Crippen molar-refractivity contribution in [1.29, 1.82) is 0 Å². The van der Waals surface area contributed by atoms with Gasteiger partial charge in [0.2, 0.25) is 5.91 Å². The molecular formula is C21H30N4O2S. The first kappa shape index (κ1) is 19.6. The maximum Gasteiger partial charge on any atom is 0.263 e. The van der Waals surface area contributed by atoms with Crippen molar-refractivity contribution in [1.82, 2.24) is 19.4 Å². The van der Waals surface area contributed by atoms with E-state index in [1.807, 2.05) is 23.9 Å². The lowest BCUT2D eigenvalue weighted by atomic mass is 9.97. The van der Waals surface area contributed by atoms with Crippen LogP contribution in [0.4, 0.5) is 0 Å². The molecule has 1 fully saturated rings. The van der Waals surface area contributed by atoms with Gasteiger partial charge < -0.3 is 9.80 Å². The number of nitrogens with zero attached hydrogens (tertiary/aromatic N) is 4. The minimum Gasteiger partial charge on any atom is -0.341 e. The number of hydrogen-bond acceptors (Lipinski definition) is 5. The maximum atomic E-state index is 13.5. The summed E-state index contributed by atoms with van der Waals surface area (Å²) in [5, 5.41) is 0.766. The van der Waals surface area contributed by atoms with Gasteiger partial charge in [0.25, 0.3) is 5.56 Å². The minimum absolute atomic E-state index is 0.0278. The Bertz CT molecular complexity index is 938. The predicted molar refractivity (Wildman–Crippen MR) is 113 cm³/mol. The Balaban J connectivity index is 1.73. The molecule has 2 aliphatic rings. The lowest BCUT2D eigenvalue weighted by Gasteiger charge is -2.30. The zero-order valence-electron chi connectivity index (χ0n) is 17.2. The van der Waals surface area contributed by atoms with E-state index in [2.05, 4.69) is 6.92 Å². The van der Waals surface area contributed by atoms with Crippen LogP contribution in [-0.4, -0.2) is 52.4 Å². The highest BCUT2D eigenvalue weighted by atomic mass is 32.1. The first-order valence-electron chi connectivity index (χ1n) is 10.4. The monoisotopic (exact) mass is 402 g/mol. The van der Waals surface area contributed by atoms with Crippen molar-refractivity contribution in [2.75, 3.05) is 27.2 Å². The molecule has 0 bridgehead atoms. The van der Waals surface area contributed by atoms with Crippen molar-refractivity contribution in [2.24, 2.45) is 5.92 Å². The SMILES string of the molecule is CC1CCN(C(=O)Cn2c(CN(C)C)nc3sc4c(c3c2=O)CCCC4)CC1. The zero-order chi connectivity index (χ0) is 19.8. The molecule has 28 heavy (non-hydrogen) atoms. The van der Waals surface area contributed by atoms with E-state index in [0.29, 0.717) is 18.3 Å². The summed E-state index contributed by atoms with van der Waals surface area (Å²) < 4.78 is 1.64. The zero-order valence-corrected chi connectivity index (χ0v) is 18.0. The Morgan fingerprint density at radius 2 is 1.93 bits per heavy atom. The first-order chi connectivity index (χ1) is 13.4. The Hall–Kier alpha value is -1.73. The van der Waals surface area contributed by atoms with E-state index < -0.39 is 0 Å². The van der Waals surface area contributed by atoms with Crippen LogP contribution >= 0.6 is 11.3 Å². The summed E-state index contributed by atoms with van der Waals surface area (Å²) >= 11 is 1.67. The van der Waals surface area contributed by atoms with Crippen molar-refractivity contribution in [3.63, 3.8) is 0 Å². The molecular weight excluding hydrogens is 372 g/mol. The fourth-order valence-corrected chi connectivity index (χ4v) is 5.61. The van der Waals surface area contributed by atoms with Gasteiger partial charge in [-0.2, -0.15) is 0 Å². The summed E-state index contributed by atoms with van der Waals surface area (Å²) in [5.74, 6) is 1.41.